The lowest BCUT2D eigenvalue weighted by molar-refractivity contribution is 0.322. The number of anilines is 2. The average Bonchev–Trinajstić information content (AvgIpc) is 2.93. The Morgan fingerprint density at radius 3 is 2.29 bits per heavy atom. The molecule has 3 heteroatoms. The first-order chi connectivity index (χ1) is 15.8. The lowest BCUT2D eigenvalue weighted by Crippen LogP contribution is -2.47. The van der Waals surface area contributed by atoms with Gasteiger partial charge in [0.05, 0.1) is 31.0 Å². The van der Waals surface area contributed by atoms with Crippen LogP contribution in [0.4, 0.5) is 17.1 Å². The van der Waals surface area contributed by atoms with Gasteiger partial charge in [0.25, 0.3) is 0 Å². The number of nitrogens with zero attached hydrogens (tertiary/aromatic N) is 3. The van der Waals surface area contributed by atoms with Crippen LogP contribution in [0.5, 0.6) is 0 Å². The van der Waals surface area contributed by atoms with Crippen LogP contribution >= 0.6 is 0 Å². The molecule has 3 aromatic rings. The van der Waals surface area contributed by atoms with Gasteiger partial charge in [0.1, 0.15) is 5.69 Å². The number of aryl methyl sites for hydroxylation is 1. The minimum atomic E-state index is 0.178. The summed E-state index contributed by atoms with van der Waals surface area (Å²) >= 11 is 0. The third kappa shape index (κ3) is 3.65. The second-order valence-electron chi connectivity index (χ2n) is 13.3. The molecule has 0 N–H and O–H groups in total. The fourth-order valence-corrected chi connectivity index (χ4v) is 6.11. The molecule has 0 spiro atoms. The lowest BCUT2D eigenvalue weighted by atomic mass is 9.83. The zero-order valence-electron chi connectivity index (χ0n) is 22.5. The van der Waals surface area contributed by atoms with Crippen LogP contribution in [0.15, 0.2) is 48.7 Å². The fourth-order valence-electron chi connectivity index (χ4n) is 6.11. The van der Waals surface area contributed by atoms with E-state index in [9.17, 15) is 0 Å². The first-order valence-corrected chi connectivity index (χ1v) is 12.6. The molecule has 1 aromatic heterocycles. The van der Waals surface area contributed by atoms with Crippen molar-refractivity contribution in [1.82, 2.24) is 9.47 Å². The van der Waals surface area contributed by atoms with Gasteiger partial charge in [0.15, 0.2) is 5.69 Å². The van der Waals surface area contributed by atoms with E-state index in [0.717, 1.165) is 23.0 Å². The molecule has 3 heterocycles. The van der Waals surface area contributed by atoms with Gasteiger partial charge in [-0.3, -0.25) is 14.4 Å². The van der Waals surface area contributed by atoms with Crippen molar-refractivity contribution in [3.63, 3.8) is 0 Å². The summed E-state index contributed by atoms with van der Waals surface area (Å²) in [6.45, 7) is 16.2. The fraction of sp³-hybridized carbons (Fsp3) is 0.452. The van der Waals surface area contributed by atoms with Gasteiger partial charge in [0.2, 0.25) is 6.17 Å². The average molecular weight is 455 g/mol. The van der Waals surface area contributed by atoms with Gasteiger partial charge in [-0.1, -0.05) is 65.8 Å². The molecule has 2 aliphatic rings. The van der Waals surface area contributed by atoms with Gasteiger partial charge >= 0.3 is 0 Å². The van der Waals surface area contributed by atoms with Crippen molar-refractivity contribution in [2.24, 2.45) is 10.8 Å². The van der Waals surface area contributed by atoms with E-state index in [1.54, 1.807) is 0 Å². The Kier molecular flexibility index (Phi) is 5.04. The van der Waals surface area contributed by atoms with E-state index in [2.05, 4.69) is 110 Å². The summed E-state index contributed by atoms with van der Waals surface area (Å²) in [5, 5.41) is 0. The summed E-state index contributed by atoms with van der Waals surface area (Å²) < 4.78 is 0.800. The number of fused-ring (bicyclic) bond motifs is 8. The van der Waals surface area contributed by atoms with Crippen LogP contribution in [0.2, 0.25) is 0 Å². The second-order valence-corrected chi connectivity index (χ2v) is 13.3. The number of rotatable bonds is 2. The van der Waals surface area contributed by atoms with Crippen LogP contribution in [0, 0.1) is 17.8 Å². The molecule has 5 rings (SSSR count). The SMILES string of the molecule is Cc1ccnc2c1C1N(c3cc(CC(C)(C)C)ccc3[N+]1(C)C)c1c(CC(C)(C)C)cccc1-2. The van der Waals surface area contributed by atoms with Crippen molar-refractivity contribution in [3.8, 4) is 11.3 Å². The Bertz CT molecular complexity index is 1270. The molecule has 0 aliphatic carbocycles. The van der Waals surface area contributed by atoms with Crippen molar-refractivity contribution < 1.29 is 0 Å². The van der Waals surface area contributed by atoms with Crippen LogP contribution in [0.3, 0.4) is 0 Å². The monoisotopic (exact) mass is 454 g/mol. The van der Waals surface area contributed by atoms with E-state index < -0.39 is 0 Å². The third-order valence-electron chi connectivity index (χ3n) is 7.31. The maximum atomic E-state index is 4.98. The molecule has 0 fully saturated rings. The molecule has 0 saturated carbocycles. The number of aromatic nitrogens is 1. The molecule has 1 atom stereocenters. The number of pyridine rings is 1. The minimum Gasteiger partial charge on any atom is -0.281 e. The Morgan fingerprint density at radius 1 is 0.912 bits per heavy atom. The summed E-state index contributed by atoms with van der Waals surface area (Å²) in [4.78, 5) is 7.64. The van der Waals surface area contributed by atoms with Crippen molar-refractivity contribution in [3.05, 3.63) is 70.9 Å². The zero-order chi connectivity index (χ0) is 24.6. The molecule has 3 nitrogen and oxygen atoms in total. The lowest BCUT2D eigenvalue weighted by Gasteiger charge is -2.41. The Hall–Kier alpha value is -2.65. The maximum Gasteiger partial charge on any atom is 0.202 e. The van der Waals surface area contributed by atoms with Crippen LogP contribution in [-0.4, -0.2) is 19.1 Å². The van der Waals surface area contributed by atoms with Crippen LogP contribution in [-0.2, 0) is 12.8 Å². The summed E-state index contributed by atoms with van der Waals surface area (Å²) in [5.74, 6) is 0. The highest BCUT2D eigenvalue weighted by Gasteiger charge is 2.52. The Balaban J connectivity index is 1.82. The molecule has 0 amide bonds. The van der Waals surface area contributed by atoms with Gasteiger partial charge in [-0.25, -0.2) is 0 Å². The smallest absolute Gasteiger partial charge is 0.202 e. The molecular formula is C31H40N3+. The predicted octanol–water partition coefficient (Wildman–Crippen LogP) is 7.97. The van der Waals surface area contributed by atoms with Gasteiger partial charge in [-0.2, -0.15) is 0 Å². The van der Waals surface area contributed by atoms with Crippen molar-refractivity contribution in [1.29, 1.82) is 0 Å². The largest absolute Gasteiger partial charge is 0.281 e. The maximum absolute atomic E-state index is 4.98. The number of hydrogen-bond donors (Lipinski definition) is 0. The predicted molar refractivity (Wildman–Crippen MR) is 146 cm³/mol. The van der Waals surface area contributed by atoms with E-state index >= 15 is 0 Å². The van der Waals surface area contributed by atoms with Gasteiger partial charge in [0, 0.05) is 17.8 Å². The molecule has 34 heavy (non-hydrogen) atoms. The zero-order valence-corrected chi connectivity index (χ0v) is 22.5. The van der Waals surface area contributed by atoms with E-state index in [0.29, 0.717) is 0 Å². The normalized spacial score (nSPS) is 18.3. The third-order valence-corrected chi connectivity index (χ3v) is 7.31. The highest BCUT2D eigenvalue weighted by Crippen LogP contribution is 2.60. The summed E-state index contributed by atoms with van der Waals surface area (Å²) in [7, 11) is 4.72. The second kappa shape index (κ2) is 7.42. The standard InChI is InChI=1S/C31H40N3/c1-20-15-16-32-27-23-12-10-11-22(19-31(5,6)7)28(23)33-24-17-21(18-30(2,3)4)13-14-25(24)34(8,9)29(33)26(20)27/h10-17,29H,18-19H2,1-9H3/q+1. The highest BCUT2D eigenvalue weighted by atomic mass is 15.5. The number of benzene rings is 2. The Labute approximate surface area is 206 Å². The summed E-state index contributed by atoms with van der Waals surface area (Å²) in [5.41, 5.74) is 12.5. The van der Waals surface area contributed by atoms with E-state index in [-0.39, 0.29) is 17.0 Å². The van der Waals surface area contributed by atoms with Crippen molar-refractivity contribution >= 4 is 17.1 Å². The molecule has 2 aromatic carbocycles. The summed E-state index contributed by atoms with van der Waals surface area (Å²) in [6.07, 6.45) is 4.26. The van der Waals surface area contributed by atoms with Gasteiger partial charge < -0.3 is 0 Å². The minimum absolute atomic E-state index is 0.178. The molecule has 178 valence electrons. The van der Waals surface area contributed by atoms with Crippen LogP contribution in [0.25, 0.3) is 11.3 Å². The Morgan fingerprint density at radius 2 is 1.62 bits per heavy atom. The van der Waals surface area contributed by atoms with Gasteiger partial charge in [-0.15, -0.1) is 0 Å². The number of hydrogen-bond acceptors (Lipinski definition) is 2. The van der Waals surface area contributed by atoms with Crippen molar-refractivity contribution in [2.75, 3.05) is 19.0 Å². The van der Waals surface area contributed by atoms with Gasteiger partial charge in [-0.05, 0) is 59.4 Å². The number of quaternary nitrogens is 1. The van der Waals surface area contributed by atoms with Crippen molar-refractivity contribution in [2.45, 2.75) is 67.5 Å². The van der Waals surface area contributed by atoms with E-state index in [1.165, 1.54) is 44.9 Å². The first kappa shape index (κ1) is 23.1. The molecular weight excluding hydrogens is 414 g/mol. The van der Waals surface area contributed by atoms with E-state index in [4.69, 9.17) is 4.98 Å². The summed E-state index contributed by atoms with van der Waals surface area (Å²) in [6, 6.07) is 16.2. The first-order valence-electron chi connectivity index (χ1n) is 12.6. The van der Waals surface area contributed by atoms with E-state index in [1.807, 2.05) is 6.20 Å². The topological polar surface area (TPSA) is 16.1 Å². The molecule has 0 saturated heterocycles. The molecule has 1 unspecified atom stereocenters. The molecule has 0 radical (unpaired) electrons. The van der Waals surface area contributed by atoms with Crippen LogP contribution < -0.4 is 9.38 Å². The van der Waals surface area contributed by atoms with Crippen LogP contribution in [0.1, 0.15) is 70.0 Å². The quantitative estimate of drug-likeness (QED) is 0.365. The molecule has 2 aliphatic heterocycles. The number of para-hydroxylation sites is 1. The molecule has 0 bridgehead atoms. The highest BCUT2D eigenvalue weighted by molar-refractivity contribution is 5.95.